The molecule has 1 aromatic heterocycles. The zero-order chi connectivity index (χ0) is 17.2. The van der Waals surface area contributed by atoms with Crippen molar-refractivity contribution < 1.29 is 18.7 Å². The highest BCUT2D eigenvalue weighted by Gasteiger charge is 2.41. The minimum atomic E-state index is -0.593. The summed E-state index contributed by atoms with van der Waals surface area (Å²) >= 11 is 0. The Labute approximate surface area is 139 Å². The largest absolute Gasteiger partial charge is 0.490 e. The molecule has 1 atom stereocenters. The monoisotopic (exact) mass is 333 g/mol. The highest BCUT2D eigenvalue weighted by atomic mass is 19.1. The summed E-state index contributed by atoms with van der Waals surface area (Å²) in [4.78, 5) is 14.2. The molecule has 1 fully saturated rings. The third-order valence-electron chi connectivity index (χ3n) is 4.29. The van der Waals surface area contributed by atoms with Crippen molar-refractivity contribution in [2.75, 3.05) is 26.8 Å². The number of aryl methyl sites for hydroxylation is 1. The van der Waals surface area contributed by atoms with E-state index in [1.165, 1.54) is 12.1 Å². The van der Waals surface area contributed by atoms with Gasteiger partial charge in [0.25, 0.3) is 5.91 Å². The second-order valence-corrected chi connectivity index (χ2v) is 6.01. The van der Waals surface area contributed by atoms with E-state index in [2.05, 4.69) is 5.10 Å². The van der Waals surface area contributed by atoms with Crippen molar-refractivity contribution in [2.45, 2.75) is 12.0 Å². The van der Waals surface area contributed by atoms with Gasteiger partial charge in [-0.1, -0.05) is 6.07 Å². The highest BCUT2D eigenvalue weighted by molar-refractivity contribution is 5.94. The molecule has 7 heteroatoms. The minimum absolute atomic E-state index is 0.0761. The van der Waals surface area contributed by atoms with E-state index in [4.69, 9.17) is 9.47 Å². The first kappa shape index (κ1) is 16.4. The van der Waals surface area contributed by atoms with E-state index in [9.17, 15) is 9.18 Å². The number of carbonyl (C=O) groups is 1. The number of hydrogen-bond donors (Lipinski definition) is 0. The maximum atomic E-state index is 13.2. The van der Waals surface area contributed by atoms with Gasteiger partial charge in [0.05, 0.1) is 18.3 Å². The van der Waals surface area contributed by atoms with Crippen LogP contribution in [0.5, 0.6) is 5.75 Å². The van der Waals surface area contributed by atoms with Gasteiger partial charge in [-0.05, 0) is 18.6 Å². The molecule has 3 rings (SSSR count). The van der Waals surface area contributed by atoms with Gasteiger partial charge in [0.15, 0.2) is 0 Å². The normalized spacial score (nSPS) is 20.4. The smallest absolute Gasteiger partial charge is 0.257 e. The third kappa shape index (κ3) is 3.41. The lowest BCUT2D eigenvalue weighted by Crippen LogP contribution is -2.42. The second-order valence-electron chi connectivity index (χ2n) is 6.01. The van der Waals surface area contributed by atoms with Gasteiger partial charge in [-0.25, -0.2) is 4.39 Å². The van der Waals surface area contributed by atoms with Crippen LogP contribution in [-0.2, 0) is 11.8 Å². The summed E-state index contributed by atoms with van der Waals surface area (Å²) in [7, 11) is 3.38. The molecule has 0 bridgehead atoms. The van der Waals surface area contributed by atoms with Crippen LogP contribution < -0.4 is 4.74 Å². The molecule has 24 heavy (non-hydrogen) atoms. The standard InChI is InChI=1S/C17H20FN3O3/c1-20-10-13(9-19-20)16(22)21-7-6-17(11-21,23-2)12-24-15-5-3-4-14(18)8-15/h3-5,8-10H,6-7,11-12H2,1-2H3/t17-/m0/s1. The quantitative estimate of drug-likeness (QED) is 0.838. The molecule has 1 aromatic carbocycles. The fraction of sp³-hybridized carbons (Fsp3) is 0.412. The van der Waals surface area contributed by atoms with Crippen molar-refractivity contribution >= 4 is 5.91 Å². The van der Waals surface area contributed by atoms with Gasteiger partial charge in [-0.15, -0.1) is 0 Å². The van der Waals surface area contributed by atoms with E-state index < -0.39 is 5.60 Å². The molecule has 1 aliphatic rings. The van der Waals surface area contributed by atoms with Gasteiger partial charge in [-0.3, -0.25) is 9.48 Å². The Hall–Kier alpha value is -2.41. The lowest BCUT2D eigenvalue weighted by molar-refractivity contribution is -0.0343. The van der Waals surface area contributed by atoms with Crippen LogP contribution in [0.25, 0.3) is 0 Å². The van der Waals surface area contributed by atoms with Gasteiger partial charge >= 0.3 is 0 Å². The molecule has 0 unspecified atom stereocenters. The molecule has 1 amide bonds. The molecule has 2 heterocycles. The first-order valence-electron chi connectivity index (χ1n) is 7.73. The number of nitrogens with zero attached hydrogens (tertiary/aromatic N) is 3. The summed E-state index contributed by atoms with van der Waals surface area (Å²) in [6, 6.07) is 5.98. The van der Waals surface area contributed by atoms with Gasteiger partial charge in [0.2, 0.25) is 0 Å². The Morgan fingerprint density at radius 3 is 2.96 bits per heavy atom. The van der Waals surface area contributed by atoms with Crippen LogP contribution in [0.2, 0.25) is 0 Å². The Bertz CT molecular complexity index is 733. The molecule has 0 N–H and O–H groups in total. The number of methoxy groups -OCH3 is 1. The number of aromatic nitrogens is 2. The molecule has 0 saturated carbocycles. The Kier molecular flexibility index (Phi) is 4.53. The number of hydrogen-bond acceptors (Lipinski definition) is 4. The summed E-state index contributed by atoms with van der Waals surface area (Å²) in [5, 5.41) is 4.03. The molecule has 6 nitrogen and oxygen atoms in total. The van der Waals surface area contributed by atoms with Crippen molar-refractivity contribution in [1.82, 2.24) is 14.7 Å². The number of ether oxygens (including phenoxy) is 2. The van der Waals surface area contributed by atoms with E-state index in [1.54, 1.807) is 48.3 Å². The molecule has 128 valence electrons. The minimum Gasteiger partial charge on any atom is -0.490 e. The third-order valence-corrected chi connectivity index (χ3v) is 4.29. The molecular formula is C17H20FN3O3. The molecule has 0 spiro atoms. The van der Waals surface area contributed by atoms with Crippen molar-refractivity contribution in [3.8, 4) is 5.75 Å². The predicted molar refractivity (Wildman–Crippen MR) is 85.4 cm³/mol. The van der Waals surface area contributed by atoms with Gasteiger partial charge in [-0.2, -0.15) is 5.10 Å². The predicted octanol–water partition coefficient (Wildman–Crippen LogP) is 1.87. The SMILES string of the molecule is CO[C@@]1(COc2cccc(F)c2)CCN(C(=O)c2cnn(C)c2)C1. The summed E-state index contributed by atoms with van der Waals surface area (Å²) in [6.07, 6.45) is 3.90. The van der Waals surface area contributed by atoms with Crippen LogP contribution >= 0.6 is 0 Å². The molecule has 0 radical (unpaired) electrons. The number of amides is 1. The zero-order valence-electron chi connectivity index (χ0n) is 13.7. The topological polar surface area (TPSA) is 56.6 Å². The average Bonchev–Trinajstić information content (AvgIpc) is 3.20. The van der Waals surface area contributed by atoms with Crippen molar-refractivity contribution in [3.05, 3.63) is 48.0 Å². The maximum absolute atomic E-state index is 13.2. The summed E-state index contributed by atoms with van der Waals surface area (Å²) in [6.45, 7) is 1.25. The Morgan fingerprint density at radius 1 is 1.46 bits per heavy atom. The van der Waals surface area contributed by atoms with Crippen LogP contribution in [-0.4, -0.2) is 53.0 Å². The summed E-state index contributed by atoms with van der Waals surface area (Å²) in [5.41, 5.74) is -0.0417. The van der Waals surface area contributed by atoms with Gasteiger partial charge < -0.3 is 14.4 Å². The van der Waals surface area contributed by atoms with Crippen LogP contribution in [0.1, 0.15) is 16.8 Å². The molecule has 1 saturated heterocycles. The zero-order valence-corrected chi connectivity index (χ0v) is 13.7. The number of benzene rings is 1. The van der Waals surface area contributed by atoms with Gasteiger partial charge in [0.1, 0.15) is 23.8 Å². The van der Waals surface area contributed by atoms with E-state index in [-0.39, 0.29) is 18.3 Å². The first-order chi connectivity index (χ1) is 11.5. The van der Waals surface area contributed by atoms with E-state index in [0.717, 1.165) is 0 Å². The Morgan fingerprint density at radius 2 is 2.29 bits per heavy atom. The average molecular weight is 333 g/mol. The van der Waals surface area contributed by atoms with Crippen molar-refractivity contribution in [1.29, 1.82) is 0 Å². The van der Waals surface area contributed by atoms with Crippen LogP contribution in [0.3, 0.4) is 0 Å². The lowest BCUT2D eigenvalue weighted by Gasteiger charge is -2.27. The highest BCUT2D eigenvalue weighted by Crippen LogP contribution is 2.27. The molecule has 1 aliphatic heterocycles. The maximum Gasteiger partial charge on any atom is 0.257 e. The summed E-state index contributed by atoms with van der Waals surface area (Å²) in [5.74, 6) is 0.0232. The fourth-order valence-electron chi connectivity index (χ4n) is 2.85. The molecule has 2 aromatic rings. The second kappa shape index (κ2) is 6.60. The summed E-state index contributed by atoms with van der Waals surface area (Å²) < 4.78 is 26.2. The lowest BCUT2D eigenvalue weighted by atomic mass is 10.0. The number of rotatable bonds is 5. The fourth-order valence-corrected chi connectivity index (χ4v) is 2.85. The van der Waals surface area contributed by atoms with Crippen molar-refractivity contribution in [3.63, 3.8) is 0 Å². The Balaban J connectivity index is 1.65. The number of likely N-dealkylation sites (tertiary alicyclic amines) is 1. The van der Waals surface area contributed by atoms with E-state index in [1.807, 2.05) is 0 Å². The first-order valence-corrected chi connectivity index (χ1v) is 7.73. The number of halogens is 1. The van der Waals surface area contributed by atoms with E-state index >= 15 is 0 Å². The number of carbonyl (C=O) groups excluding carboxylic acids is 1. The molecular weight excluding hydrogens is 313 g/mol. The van der Waals surface area contributed by atoms with Crippen molar-refractivity contribution in [2.24, 2.45) is 7.05 Å². The van der Waals surface area contributed by atoms with Gasteiger partial charge in [0, 0.05) is 33.0 Å². The molecule has 0 aliphatic carbocycles. The van der Waals surface area contributed by atoms with Crippen LogP contribution in [0.4, 0.5) is 4.39 Å². The van der Waals surface area contributed by atoms with E-state index in [0.29, 0.717) is 30.8 Å². The van der Waals surface area contributed by atoms with Crippen LogP contribution in [0, 0.1) is 5.82 Å². The van der Waals surface area contributed by atoms with Crippen LogP contribution in [0.15, 0.2) is 36.7 Å².